The van der Waals surface area contributed by atoms with Crippen LogP contribution in [0.2, 0.25) is 0 Å². The molecule has 2 N–H and O–H groups in total. The van der Waals surface area contributed by atoms with Crippen molar-refractivity contribution in [2.45, 2.75) is 53.4 Å². The van der Waals surface area contributed by atoms with E-state index in [0.29, 0.717) is 11.6 Å². The number of hydrogen-bond acceptors (Lipinski definition) is 2. The van der Waals surface area contributed by atoms with E-state index in [2.05, 4.69) is 45.9 Å². The fourth-order valence-electron chi connectivity index (χ4n) is 2.41. The van der Waals surface area contributed by atoms with Gasteiger partial charge in [-0.05, 0) is 71.6 Å². The molecule has 0 heterocycles. The van der Waals surface area contributed by atoms with Crippen molar-refractivity contribution in [3.8, 4) is 5.75 Å². The van der Waals surface area contributed by atoms with Crippen molar-refractivity contribution in [3.63, 3.8) is 0 Å². The Kier molecular flexibility index (Phi) is 9.86. The zero-order valence-electron chi connectivity index (χ0n) is 16.0. The molecule has 1 aromatic rings. The second-order valence-corrected chi connectivity index (χ2v) is 7.07. The summed E-state index contributed by atoms with van der Waals surface area (Å²) in [5.41, 5.74) is 10.7. The summed E-state index contributed by atoms with van der Waals surface area (Å²) in [7, 11) is 0. The molecule has 3 heteroatoms. The lowest BCUT2D eigenvalue weighted by Gasteiger charge is -2.09. The van der Waals surface area contributed by atoms with Gasteiger partial charge in [0, 0.05) is 0 Å². The van der Waals surface area contributed by atoms with Crippen LogP contribution in [0.5, 0.6) is 5.75 Å². The zero-order chi connectivity index (χ0) is 18.7. The molecule has 0 aliphatic heterocycles. The summed E-state index contributed by atoms with van der Waals surface area (Å²) in [4.78, 5) is 0.366. The molecule has 0 saturated heterocycles. The zero-order valence-corrected chi connectivity index (χ0v) is 16.8. The Labute approximate surface area is 158 Å². The van der Waals surface area contributed by atoms with Crippen LogP contribution in [0.25, 0.3) is 0 Å². The van der Waals surface area contributed by atoms with E-state index in [9.17, 15) is 0 Å². The maximum absolute atomic E-state index is 5.81. The van der Waals surface area contributed by atoms with Gasteiger partial charge in [-0.25, -0.2) is 0 Å². The van der Waals surface area contributed by atoms with Crippen LogP contribution < -0.4 is 10.5 Å². The van der Waals surface area contributed by atoms with Crippen molar-refractivity contribution in [3.05, 3.63) is 64.8 Å². The maximum atomic E-state index is 5.81. The SMILES string of the molecule is CC(C)=CCCC(C)=CCCC(C)=CCOc1ccccc1C(N)=S. The highest BCUT2D eigenvalue weighted by Crippen LogP contribution is 2.18. The van der Waals surface area contributed by atoms with E-state index in [1.54, 1.807) is 0 Å². The Hall–Kier alpha value is -1.87. The van der Waals surface area contributed by atoms with Gasteiger partial charge in [0.25, 0.3) is 0 Å². The third-order valence-corrected chi connectivity index (χ3v) is 4.17. The van der Waals surface area contributed by atoms with E-state index < -0.39 is 0 Å². The number of ether oxygens (including phenoxy) is 1. The Bertz CT molecular complexity index is 652. The highest BCUT2D eigenvalue weighted by Gasteiger charge is 2.04. The molecule has 0 unspecified atom stereocenters. The van der Waals surface area contributed by atoms with E-state index in [1.165, 1.54) is 16.7 Å². The summed E-state index contributed by atoms with van der Waals surface area (Å²) in [5, 5.41) is 0. The lowest BCUT2D eigenvalue weighted by Crippen LogP contribution is -2.11. The molecule has 0 bridgehead atoms. The number of benzene rings is 1. The second kappa shape index (κ2) is 11.6. The molecular weight excluding hydrogens is 326 g/mol. The monoisotopic (exact) mass is 357 g/mol. The third kappa shape index (κ3) is 9.25. The molecule has 25 heavy (non-hydrogen) atoms. The lowest BCUT2D eigenvalue weighted by atomic mass is 10.1. The van der Waals surface area contributed by atoms with Crippen molar-refractivity contribution < 1.29 is 4.74 Å². The van der Waals surface area contributed by atoms with Crippen LogP contribution in [-0.2, 0) is 0 Å². The molecule has 0 aliphatic carbocycles. The molecule has 0 atom stereocenters. The van der Waals surface area contributed by atoms with Gasteiger partial charge in [0.05, 0.1) is 5.56 Å². The predicted octanol–water partition coefficient (Wildman–Crippen LogP) is 6.12. The van der Waals surface area contributed by atoms with Gasteiger partial charge >= 0.3 is 0 Å². The van der Waals surface area contributed by atoms with Crippen LogP contribution in [0.15, 0.2) is 59.2 Å². The molecule has 1 aromatic carbocycles. The highest BCUT2D eigenvalue weighted by molar-refractivity contribution is 7.80. The van der Waals surface area contributed by atoms with E-state index in [1.807, 2.05) is 24.3 Å². The Morgan fingerprint density at radius 3 is 2.20 bits per heavy atom. The molecule has 136 valence electrons. The largest absolute Gasteiger partial charge is 0.489 e. The van der Waals surface area contributed by atoms with Crippen LogP contribution in [-0.4, -0.2) is 11.6 Å². The minimum Gasteiger partial charge on any atom is -0.489 e. The van der Waals surface area contributed by atoms with Crippen molar-refractivity contribution in [1.82, 2.24) is 0 Å². The first-order valence-electron chi connectivity index (χ1n) is 8.86. The van der Waals surface area contributed by atoms with Crippen molar-refractivity contribution >= 4 is 17.2 Å². The summed E-state index contributed by atoms with van der Waals surface area (Å²) in [6, 6.07) is 7.62. The predicted molar refractivity (Wildman–Crippen MR) is 113 cm³/mol. The number of rotatable bonds is 10. The third-order valence-electron chi connectivity index (χ3n) is 3.95. The van der Waals surface area contributed by atoms with Gasteiger partial charge in [0.15, 0.2) is 0 Å². The average molecular weight is 358 g/mol. The lowest BCUT2D eigenvalue weighted by molar-refractivity contribution is 0.361. The molecule has 0 amide bonds. The first-order chi connectivity index (χ1) is 11.9. The van der Waals surface area contributed by atoms with Crippen molar-refractivity contribution in [2.24, 2.45) is 5.73 Å². The summed E-state index contributed by atoms with van der Waals surface area (Å²) in [5.74, 6) is 0.745. The minimum absolute atomic E-state index is 0.366. The van der Waals surface area contributed by atoms with Gasteiger partial charge in [-0.15, -0.1) is 0 Å². The number of hydrogen-bond donors (Lipinski definition) is 1. The average Bonchev–Trinajstić information content (AvgIpc) is 2.54. The van der Waals surface area contributed by atoms with Gasteiger partial charge in [-0.1, -0.05) is 53.2 Å². The van der Waals surface area contributed by atoms with Crippen LogP contribution in [0.4, 0.5) is 0 Å². The number of thiocarbonyl (C=S) groups is 1. The maximum Gasteiger partial charge on any atom is 0.129 e. The van der Waals surface area contributed by atoms with E-state index >= 15 is 0 Å². The Morgan fingerprint density at radius 1 is 0.960 bits per heavy atom. The smallest absolute Gasteiger partial charge is 0.129 e. The number of allylic oxidation sites excluding steroid dienone is 5. The van der Waals surface area contributed by atoms with Crippen LogP contribution in [0.1, 0.15) is 58.9 Å². The summed E-state index contributed by atoms with van der Waals surface area (Å²) >= 11 is 5.05. The van der Waals surface area contributed by atoms with Gasteiger partial charge < -0.3 is 10.5 Å². The summed E-state index contributed by atoms with van der Waals surface area (Å²) < 4.78 is 5.81. The van der Waals surface area contributed by atoms with Crippen LogP contribution in [0.3, 0.4) is 0 Å². The van der Waals surface area contributed by atoms with Gasteiger partial charge in [0.2, 0.25) is 0 Å². The minimum atomic E-state index is 0.366. The highest BCUT2D eigenvalue weighted by atomic mass is 32.1. The molecule has 1 rings (SSSR count). The number of nitrogens with two attached hydrogens (primary N) is 1. The molecule has 0 aromatic heterocycles. The first-order valence-corrected chi connectivity index (χ1v) is 9.27. The topological polar surface area (TPSA) is 35.2 Å². The Balaban J connectivity index is 2.39. The van der Waals surface area contributed by atoms with Gasteiger partial charge in [-0.3, -0.25) is 0 Å². The number of para-hydroxylation sites is 1. The van der Waals surface area contributed by atoms with E-state index in [-0.39, 0.29) is 0 Å². The molecule has 0 saturated carbocycles. The quantitative estimate of drug-likeness (QED) is 0.405. The molecular formula is C22H31NOS. The van der Waals surface area contributed by atoms with E-state index in [0.717, 1.165) is 37.0 Å². The fraction of sp³-hybridized carbons (Fsp3) is 0.409. The standard InChI is InChI=1S/C22H31NOS/c1-17(2)9-7-10-18(3)11-8-12-19(4)15-16-24-21-14-6-5-13-20(21)22(23)25/h5-6,9,11,13-15H,7-8,10,12,16H2,1-4H3,(H2,23,25). The molecule has 0 aliphatic rings. The molecule has 0 fully saturated rings. The fourth-order valence-corrected chi connectivity index (χ4v) is 2.58. The first kappa shape index (κ1) is 21.2. The van der Waals surface area contributed by atoms with Crippen molar-refractivity contribution in [1.29, 1.82) is 0 Å². The van der Waals surface area contributed by atoms with Gasteiger partial charge in [0.1, 0.15) is 17.3 Å². The second-order valence-electron chi connectivity index (χ2n) is 6.63. The van der Waals surface area contributed by atoms with Crippen LogP contribution in [0, 0.1) is 0 Å². The van der Waals surface area contributed by atoms with E-state index in [4.69, 9.17) is 22.7 Å². The molecule has 0 spiro atoms. The Morgan fingerprint density at radius 2 is 1.56 bits per heavy atom. The van der Waals surface area contributed by atoms with Crippen LogP contribution >= 0.6 is 12.2 Å². The summed E-state index contributed by atoms with van der Waals surface area (Å²) in [6.45, 7) is 9.20. The molecule has 0 radical (unpaired) electrons. The normalized spacial score (nSPS) is 12.0. The van der Waals surface area contributed by atoms with Gasteiger partial charge in [-0.2, -0.15) is 0 Å². The molecule has 2 nitrogen and oxygen atoms in total. The van der Waals surface area contributed by atoms with Crippen molar-refractivity contribution in [2.75, 3.05) is 6.61 Å². The summed E-state index contributed by atoms with van der Waals surface area (Å²) in [6.07, 6.45) is 11.2.